The van der Waals surface area contributed by atoms with E-state index in [-0.39, 0.29) is 29.8 Å². The van der Waals surface area contributed by atoms with Gasteiger partial charge in [-0.2, -0.15) is 0 Å². The molecule has 1 aromatic rings. The summed E-state index contributed by atoms with van der Waals surface area (Å²) in [6.45, 7) is 5.83. The Balaban J connectivity index is 1.92. The molecule has 2 amide bonds. The first-order valence-corrected chi connectivity index (χ1v) is 10.2. The van der Waals surface area contributed by atoms with Crippen molar-refractivity contribution in [3.05, 3.63) is 29.8 Å². The SMILES string of the molecule is CC(C)(C)NC(=O)CN1C(=O)[C@@H](N)C[C@H](C2CCCCC2)c2ccccc21. The Morgan fingerprint density at radius 2 is 1.85 bits per heavy atom. The molecular formula is C22H33N3O2. The standard InChI is InChI=1S/C22H33N3O2/c1-22(2,3)24-20(26)14-25-19-12-8-7-11-16(19)17(13-18(23)21(25)27)15-9-5-4-6-10-15/h7-8,11-12,15,17-18H,4-6,9-10,13-14,23H2,1-3H3,(H,24,26)/t17-,18+/m1/s1. The Labute approximate surface area is 162 Å². The molecule has 1 saturated carbocycles. The maximum absolute atomic E-state index is 13.1. The van der Waals surface area contributed by atoms with Gasteiger partial charge in [0.25, 0.3) is 0 Å². The fraction of sp³-hybridized carbons (Fsp3) is 0.636. The van der Waals surface area contributed by atoms with Crippen molar-refractivity contribution in [2.24, 2.45) is 11.7 Å². The number of anilines is 1. The summed E-state index contributed by atoms with van der Waals surface area (Å²) in [6, 6.07) is 7.49. The van der Waals surface area contributed by atoms with Gasteiger partial charge in [-0.25, -0.2) is 0 Å². The summed E-state index contributed by atoms with van der Waals surface area (Å²) in [5, 5.41) is 2.95. The molecule has 5 heteroatoms. The van der Waals surface area contributed by atoms with Crippen molar-refractivity contribution < 1.29 is 9.59 Å². The molecule has 0 spiro atoms. The van der Waals surface area contributed by atoms with Crippen molar-refractivity contribution in [1.29, 1.82) is 0 Å². The molecule has 2 atom stereocenters. The summed E-state index contributed by atoms with van der Waals surface area (Å²) in [7, 11) is 0. The van der Waals surface area contributed by atoms with Crippen LogP contribution in [0.3, 0.4) is 0 Å². The smallest absolute Gasteiger partial charge is 0.244 e. The van der Waals surface area contributed by atoms with Crippen molar-refractivity contribution in [2.45, 2.75) is 76.8 Å². The van der Waals surface area contributed by atoms with E-state index in [4.69, 9.17) is 5.73 Å². The number of hydrogen-bond acceptors (Lipinski definition) is 3. The van der Waals surface area contributed by atoms with Crippen LogP contribution >= 0.6 is 0 Å². The number of amides is 2. The lowest BCUT2D eigenvalue weighted by Crippen LogP contribution is -2.50. The van der Waals surface area contributed by atoms with Gasteiger partial charge in [0.1, 0.15) is 6.54 Å². The highest BCUT2D eigenvalue weighted by atomic mass is 16.2. The lowest BCUT2D eigenvalue weighted by atomic mass is 9.74. The molecule has 1 heterocycles. The minimum atomic E-state index is -0.563. The summed E-state index contributed by atoms with van der Waals surface area (Å²) in [5.41, 5.74) is 8.02. The summed E-state index contributed by atoms with van der Waals surface area (Å²) >= 11 is 0. The number of hydrogen-bond donors (Lipinski definition) is 2. The quantitative estimate of drug-likeness (QED) is 0.856. The van der Waals surface area contributed by atoms with Gasteiger partial charge in [0, 0.05) is 11.2 Å². The second-order valence-electron chi connectivity index (χ2n) is 9.13. The van der Waals surface area contributed by atoms with E-state index < -0.39 is 6.04 Å². The zero-order chi connectivity index (χ0) is 19.6. The van der Waals surface area contributed by atoms with E-state index in [0.717, 1.165) is 5.69 Å². The van der Waals surface area contributed by atoms with E-state index in [1.165, 1.54) is 37.7 Å². The van der Waals surface area contributed by atoms with Gasteiger partial charge in [0.15, 0.2) is 0 Å². The molecule has 1 fully saturated rings. The van der Waals surface area contributed by atoms with Gasteiger partial charge in [0.2, 0.25) is 11.8 Å². The first-order valence-electron chi connectivity index (χ1n) is 10.2. The summed E-state index contributed by atoms with van der Waals surface area (Å²) in [5.74, 6) is 0.553. The number of nitrogens with two attached hydrogens (primary N) is 1. The van der Waals surface area contributed by atoms with Gasteiger partial charge in [0.05, 0.1) is 6.04 Å². The molecule has 0 radical (unpaired) electrons. The average molecular weight is 372 g/mol. The second kappa shape index (κ2) is 8.01. The Kier molecular flexibility index (Phi) is 5.89. The molecule has 148 valence electrons. The molecular weight excluding hydrogens is 338 g/mol. The van der Waals surface area contributed by atoms with Gasteiger partial charge >= 0.3 is 0 Å². The molecule has 2 aliphatic rings. The lowest BCUT2D eigenvalue weighted by molar-refractivity contribution is -0.125. The van der Waals surface area contributed by atoms with Crippen LogP contribution in [0.4, 0.5) is 5.69 Å². The van der Waals surface area contributed by atoms with E-state index in [1.54, 1.807) is 4.90 Å². The van der Waals surface area contributed by atoms with Crippen molar-refractivity contribution in [2.75, 3.05) is 11.4 Å². The molecule has 5 nitrogen and oxygen atoms in total. The van der Waals surface area contributed by atoms with Crippen LogP contribution in [0.25, 0.3) is 0 Å². The predicted octanol–water partition coefficient (Wildman–Crippen LogP) is 3.33. The van der Waals surface area contributed by atoms with Crippen LogP contribution in [0.15, 0.2) is 24.3 Å². The van der Waals surface area contributed by atoms with Crippen LogP contribution in [0, 0.1) is 5.92 Å². The molecule has 0 saturated heterocycles. The summed E-state index contributed by atoms with van der Waals surface area (Å²) < 4.78 is 0. The van der Waals surface area contributed by atoms with Crippen LogP contribution in [-0.4, -0.2) is 29.9 Å². The largest absolute Gasteiger partial charge is 0.350 e. The number of benzene rings is 1. The monoisotopic (exact) mass is 371 g/mol. The third kappa shape index (κ3) is 4.70. The molecule has 1 aliphatic heterocycles. The predicted molar refractivity (Wildman–Crippen MR) is 109 cm³/mol. The number of nitrogens with zero attached hydrogens (tertiary/aromatic N) is 1. The maximum Gasteiger partial charge on any atom is 0.244 e. The Morgan fingerprint density at radius 3 is 2.52 bits per heavy atom. The topological polar surface area (TPSA) is 75.4 Å². The molecule has 3 rings (SSSR count). The van der Waals surface area contributed by atoms with Gasteiger partial charge in [-0.15, -0.1) is 0 Å². The van der Waals surface area contributed by atoms with Gasteiger partial charge in [-0.3, -0.25) is 9.59 Å². The second-order valence-corrected chi connectivity index (χ2v) is 9.13. The first-order chi connectivity index (χ1) is 12.8. The highest BCUT2D eigenvalue weighted by Crippen LogP contribution is 2.44. The molecule has 0 aromatic heterocycles. The van der Waals surface area contributed by atoms with Gasteiger partial charge in [-0.05, 0) is 63.5 Å². The van der Waals surface area contributed by atoms with E-state index in [9.17, 15) is 9.59 Å². The third-order valence-corrected chi connectivity index (χ3v) is 5.75. The normalized spacial score (nSPS) is 24.3. The lowest BCUT2D eigenvalue weighted by Gasteiger charge is -2.31. The highest BCUT2D eigenvalue weighted by Gasteiger charge is 2.37. The van der Waals surface area contributed by atoms with Crippen LogP contribution in [0.1, 0.15) is 70.8 Å². The van der Waals surface area contributed by atoms with E-state index >= 15 is 0 Å². The molecule has 0 bridgehead atoms. The van der Waals surface area contributed by atoms with Crippen LogP contribution in [-0.2, 0) is 9.59 Å². The number of fused-ring (bicyclic) bond motifs is 1. The minimum absolute atomic E-state index is 0.0121. The van der Waals surface area contributed by atoms with Crippen molar-refractivity contribution in [3.8, 4) is 0 Å². The van der Waals surface area contributed by atoms with Crippen molar-refractivity contribution in [1.82, 2.24) is 5.32 Å². The summed E-state index contributed by atoms with van der Waals surface area (Å²) in [6.07, 6.45) is 6.87. The molecule has 1 aromatic carbocycles. The Hall–Kier alpha value is -1.88. The summed E-state index contributed by atoms with van der Waals surface area (Å²) in [4.78, 5) is 27.2. The van der Waals surface area contributed by atoms with Gasteiger partial charge in [-0.1, -0.05) is 37.5 Å². The molecule has 27 heavy (non-hydrogen) atoms. The van der Waals surface area contributed by atoms with E-state index in [2.05, 4.69) is 11.4 Å². The van der Waals surface area contributed by atoms with Gasteiger partial charge < -0.3 is 16.0 Å². The Morgan fingerprint density at radius 1 is 1.19 bits per heavy atom. The number of carbonyl (C=O) groups is 2. The minimum Gasteiger partial charge on any atom is -0.350 e. The van der Waals surface area contributed by atoms with E-state index in [1.807, 2.05) is 39.0 Å². The molecule has 1 aliphatic carbocycles. The molecule has 0 unspecified atom stereocenters. The Bertz CT molecular complexity index is 689. The van der Waals surface area contributed by atoms with Crippen molar-refractivity contribution in [3.63, 3.8) is 0 Å². The maximum atomic E-state index is 13.1. The van der Waals surface area contributed by atoms with Crippen LogP contribution in [0.5, 0.6) is 0 Å². The molecule has 3 N–H and O–H groups in total. The van der Waals surface area contributed by atoms with Crippen molar-refractivity contribution >= 4 is 17.5 Å². The number of carbonyl (C=O) groups excluding carboxylic acids is 2. The zero-order valence-electron chi connectivity index (χ0n) is 16.8. The number of nitrogens with one attached hydrogen (secondary N) is 1. The first kappa shape index (κ1) is 19.9. The third-order valence-electron chi connectivity index (χ3n) is 5.75. The zero-order valence-corrected chi connectivity index (χ0v) is 16.8. The number of para-hydroxylation sites is 1. The van der Waals surface area contributed by atoms with Crippen LogP contribution < -0.4 is 16.0 Å². The number of rotatable bonds is 3. The fourth-order valence-electron chi connectivity index (χ4n) is 4.61. The van der Waals surface area contributed by atoms with E-state index in [0.29, 0.717) is 12.3 Å². The average Bonchev–Trinajstić information content (AvgIpc) is 2.72. The van der Waals surface area contributed by atoms with Crippen LogP contribution in [0.2, 0.25) is 0 Å². The fourth-order valence-corrected chi connectivity index (χ4v) is 4.61. The highest BCUT2D eigenvalue weighted by molar-refractivity contribution is 6.02.